The molecule has 2 heterocycles. The maximum atomic E-state index is 13.8. The Hall–Kier alpha value is -4.34. The molecule has 3 aromatic carbocycles. The number of ether oxygens (including phenoxy) is 1. The molecule has 40 heavy (non-hydrogen) atoms. The van der Waals surface area contributed by atoms with Crippen LogP contribution in [0.15, 0.2) is 71.3 Å². The van der Waals surface area contributed by atoms with Crippen molar-refractivity contribution in [2.24, 2.45) is 0 Å². The van der Waals surface area contributed by atoms with E-state index in [4.69, 9.17) is 9.26 Å². The van der Waals surface area contributed by atoms with E-state index in [1.54, 1.807) is 18.2 Å². The summed E-state index contributed by atoms with van der Waals surface area (Å²) in [6.45, 7) is 1.23. The largest absolute Gasteiger partial charge is 0.489 e. The number of benzene rings is 3. The van der Waals surface area contributed by atoms with Crippen molar-refractivity contribution in [1.82, 2.24) is 5.16 Å². The van der Waals surface area contributed by atoms with Gasteiger partial charge in [0.2, 0.25) is 0 Å². The van der Waals surface area contributed by atoms with Crippen molar-refractivity contribution in [2.75, 3.05) is 18.0 Å². The van der Waals surface area contributed by atoms with E-state index in [1.807, 2.05) is 17.0 Å². The second kappa shape index (κ2) is 10.0. The molecule has 1 saturated heterocycles. The zero-order valence-corrected chi connectivity index (χ0v) is 21.1. The fraction of sp³-hybridized carbons (Fsp3) is 0.267. The van der Waals surface area contributed by atoms with Gasteiger partial charge in [0.15, 0.2) is 0 Å². The molecular formula is C30H24F4N2O4. The Bertz CT molecular complexity index is 1550. The number of anilines is 1. The van der Waals surface area contributed by atoms with Crippen LogP contribution in [0.4, 0.5) is 23.2 Å². The molecule has 0 unspecified atom stereocenters. The number of rotatable bonds is 8. The summed E-state index contributed by atoms with van der Waals surface area (Å²) in [7, 11) is 0. The Morgan fingerprint density at radius 1 is 1.02 bits per heavy atom. The number of alkyl halides is 3. The smallest absolute Gasteiger partial charge is 0.417 e. The Labute approximate surface area is 226 Å². The average molecular weight is 553 g/mol. The van der Waals surface area contributed by atoms with E-state index in [1.165, 1.54) is 24.3 Å². The van der Waals surface area contributed by atoms with Crippen molar-refractivity contribution >= 4 is 11.7 Å². The number of hydrogen-bond acceptors (Lipinski definition) is 5. The Morgan fingerprint density at radius 3 is 2.42 bits per heavy atom. The van der Waals surface area contributed by atoms with Crippen LogP contribution in [0.2, 0.25) is 0 Å². The van der Waals surface area contributed by atoms with E-state index in [0.29, 0.717) is 35.9 Å². The zero-order valence-electron chi connectivity index (χ0n) is 21.1. The lowest BCUT2D eigenvalue weighted by molar-refractivity contribution is -0.137. The number of hydrogen-bond donors (Lipinski definition) is 1. The van der Waals surface area contributed by atoms with Gasteiger partial charge in [0.05, 0.1) is 16.7 Å². The fourth-order valence-corrected chi connectivity index (χ4v) is 5.05. The van der Waals surface area contributed by atoms with Crippen molar-refractivity contribution in [1.29, 1.82) is 0 Å². The van der Waals surface area contributed by atoms with Gasteiger partial charge in [0.1, 0.15) is 29.6 Å². The third kappa shape index (κ3) is 5.13. The minimum absolute atomic E-state index is 0.0128. The standard InChI is InChI=1S/C30H24F4N2O4/c31-21-11-19(29(37)38)12-22(13-21)36-14-20(15-36)17-7-9-23(10-8-17)39-16-25-27(35-40-28(25)18-5-6-18)24-3-1-2-4-26(24)30(32,33)34/h1-4,7-13,18,20H,5-6,14-16H2,(H,37,38). The Kier molecular flexibility index (Phi) is 6.48. The van der Waals surface area contributed by atoms with Crippen molar-refractivity contribution in [2.45, 2.75) is 37.5 Å². The topological polar surface area (TPSA) is 75.8 Å². The normalized spacial score (nSPS) is 15.7. The van der Waals surface area contributed by atoms with Crippen LogP contribution in [-0.2, 0) is 12.8 Å². The van der Waals surface area contributed by atoms with Gasteiger partial charge >= 0.3 is 12.1 Å². The van der Waals surface area contributed by atoms with Crippen LogP contribution in [0, 0.1) is 5.82 Å². The monoisotopic (exact) mass is 552 g/mol. The highest BCUT2D eigenvalue weighted by atomic mass is 19.4. The van der Waals surface area contributed by atoms with Crippen LogP contribution in [-0.4, -0.2) is 29.3 Å². The summed E-state index contributed by atoms with van der Waals surface area (Å²) in [4.78, 5) is 13.1. The van der Waals surface area contributed by atoms with E-state index in [2.05, 4.69) is 5.16 Å². The molecule has 0 atom stereocenters. The van der Waals surface area contributed by atoms with Gasteiger partial charge in [0, 0.05) is 36.2 Å². The van der Waals surface area contributed by atoms with E-state index < -0.39 is 23.5 Å². The first-order valence-corrected chi connectivity index (χ1v) is 12.8. The number of halogens is 4. The van der Waals surface area contributed by atoms with Crippen molar-refractivity contribution in [3.63, 3.8) is 0 Å². The molecule has 1 N–H and O–H groups in total. The van der Waals surface area contributed by atoms with Gasteiger partial charge in [-0.15, -0.1) is 0 Å². The lowest BCUT2D eigenvalue weighted by Gasteiger charge is -2.41. The second-order valence-corrected chi connectivity index (χ2v) is 10.2. The molecule has 6 nitrogen and oxygen atoms in total. The number of carbonyl (C=O) groups is 1. The summed E-state index contributed by atoms with van der Waals surface area (Å²) in [5, 5.41) is 13.2. The molecule has 0 radical (unpaired) electrons. The molecule has 2 fully saturated rings. The summed E-state index contributed by atoms with van der Waals surface area (Å²) < 4.78 is 66.4. The van der Waals surface area contributed by atoms with Crippen molar-refractivity contribution in [3.8, 4) is 17.0 Å². The van der Waals surface area contributed by atoms with E-state index in [0.717, 1.165) is 30.5 Å². The van der Waals surface area contributed by atoms with Gasteiger partial charge in [-0.3, -0.25) is 0 Å². The van der Waals surface area contributed by atoms with E-state index >= 15 is 0 Å². The minimum atomic E-state index is -4.53. The molecule has 0 spiro atoms. The summed E-state index contributed by atoms with van der Waals surface area (Å²) in [6.07, 6.45) is -2.75. The molecule has 4 aromatic rings. The highest BCUT2D eigenvalue weighted by Gasteiger charge is 2.37. The van der Waals surface area contributed by atoms with Crippen molar-refractivity contribution in [3.05, 3.63) is 101 Å². The van der Waals surface area contributed by atoms with Crippen LogP contribution in [0.1, 0.15) is 57.5 Å². The number of carboxylic acids is 1. The first-order valence-electron chi connectivity index (χ1n) is 12.8. The third-order valence-corrected chi connectivity index (χ3v) is 7.37. The first-order chi connectivity index (χ1) is 19.2. The van der Waals surface area contributed by atoms with Crippen LogP contribution in [0.3, 0.4) is 0 Å². The van der Waals surface area contributed by atoms with Crippen LogP contribution < -0.4 is 9.64 Å². The molecule has 0 amide bonds. The van der Waals surface area contributed by atoms with E-state index in [9.17, 15) is 27.5 Å². The van der Waals surface area contributed by atoms with Gasteiger partial charge in [-0.05, 0) is 54.8 Å². The first kappa shape index (κ1) is 25.9. The number of aromatic carboxylic acids is 1. The fourth-order valence-electron chi connectivity index (χ4n) is 5.05. The predicted molar refractivity (Wildman–Crippen MR) is 138 cm³/mol. The predicted octanol–water partition coefficient (Wildman–Crippen LogP) is 7.26. The lowest BCUT2D eigenvalue weighted by atomic mass is 9.90. The number of aromatic nitrogens is 1. The maximum absolute atomic E-state index is 13.8. The number of nitrogens with zero attached hydrogens (tertiary/aromatic N) is 2. The molecule has 1 aromatic heterocycles. The van der Waals surface area contributed by atoms with Crippen LogP contribution >= 0.6 is 0 Å². The second-order valence-electron chi connectivity index (χ2n) is 10.2. The SMILES string of the molecule is O=C(O)c1cc(F)cc(N2CC(c3ccc(OCc4c(-c5ccccc5C(F)(F)F)noc4C4CC4)cc3)C2)c1. The van der Waals surface area contributed by atoms with Gasteiger partial charge in [-0.1, -0.05) is 35.5 Å². The summed E-state index contributed by atoms with van der Waals surface area (Å²) in [6, 6.07) is 16.5. The van der Waals surface area contributed by atoms with Gasteiger partial charge in [-0.2, -0.15) is 13.2 Å². The van der Waals surface area contributed by atoms with Crippen LogP contribution in [0.25, 0.3) is 11.3 Å². The van der Waals surface area contributed by atoms with Crippen LogP contribution in [0.5, 0.6) is 5.75 Å². The Morgan fingerprint density at radius 2 is 1.75 bits per heavy atom. The molecule has 10 heteroatoms. The molecule has 6 rings (SSSR count). The minimum Gasteiger partial charge on any atom is -0.489 e. The quantitative estimate of drug-likeness (QED) is 0.232. The molecular weight excluding hydrogens is 528 g/mol. The summed E-state index contributed by atoms with van der Waals surface area (Å²) in [5.41, 5.74) is 1.32. The van der Waals surface area contributed by atoms with Gasteiger partial charge in [0.25, 0.3) is 0 Å². The zero-order chi connectivity index (χ0) is 28.0. The van der Waals surface area contributed by atoms with Crippen molar-refractivity contribution < 1.29 is 36.7 Å². The molecule has 1 aliphatic carbocycles. The van der Waals surface area contributed by atoms with Gasteiger partial charge in [-0.25, -0.2) is 9.18 Å². The highest BCUT2D eigenvalue weighted by molar-refractivity contribution is 5.89. The third-order valence-electron chi connectivity index (χ3n) is 7.37. The molecule has 1 aliphatic heterocycles. The van der Waals surface area contributed by atoms with E-state index in [-0.39, 0.29) is 35.3 Å². The summed E-state index contributed by atoms with van der Waals surface area (Å²) in [5.74, 6) is -0.346. The Balaban J connectivity index is 1.15. The lowest BCUT2D eigenvalue weighted by Crippen LogP contribution is -2.45. The molecule has 1 saturated carbocycles. The molecule has 2 aliphatic rings. The highest BCUT2D eigenvalue weighted by Crippen LogP contribution is 2.46. The maximum Gasteiger partial charge on any atom is 0.417 e. The molecule has 206 valence electrons. The average Bonchev–Trinajstić information content (AvgIpc) is 3.65. The van der Waals surface area contributed by atoms with Gasteiger partial charge < -0.3 is 19.3 Å². The molecule has 0 bridgehead atoms. The summed E-state index contributed by atoms with van der Waals surface area (Å²) >= 11 is 0. The number of carboxylic acid groups (broad SMARTS) is 1.